The normalized spacial score (nSPS) is 15.7. The van der Waals surface area contributed by atoms with Crippen molar-refractivity contribution in [3.8, 4) is 0 Å². The monoisotopic (exact) mass is 361 g/mol. The molecule has 0 spiro atoms. The van der Waals surface area contributed by atoms with Gasteiger partial charge in [-0.1, -0.05) is 25.1 Å². The third kappa shape index (κ3) is 5.95. The number of nitrogens with zero attached hydrogens (tertiary/aromatic N) is 2. The Morgan fingerprint density at radius 3 is 2.46 bits per heavy atom. The molecule has 1 aromatic carbocycles. The van der Waals surface area contributed by atoms with Crippen LogP contribution in [0.5, 0.6) is 0 Å². The van der Waals surface area contributed by atoms with E-state index in [9.17, 15) is 14.9 Å². The number of non-ortho nitro benzene ring substituents is 1. The van der Waals surface area contributed by atoms with Gasteiger partial charge in [-0.05, 0) is 18.9 Å². The summed E-state index contributed by atoms with van der Waals surface area (Å²) in [6, 6.07) is 6.35. The smallest absolute Gasteiger partial charge is 0.373 e. The molecule has 138 valence electrons. The fourth-order valence-corrected chi connectivity index (χ4v) is 2.33. The van der Waals surface area contributed by atoms with Crippen molar-refractivity contribution in [2.24, 2.45) is 5.10 Å². The molecule has 26 heavy (non-hydrogen) atoms. The van der Waals surface area contributed by atoms with E-state index in [1.54, 1.807) is 19.1 Å². The summed E-state index contributed by atoms with van der Waals surface area (Å²) in [4.78, 5) is 38.5. The number of hydrazone groups is 1. The highest BCUT2D eigenvalue weighted by Gasteiger charge is 2.22. The van der Waals surface area contributed by atoms with E-state index in [0.717, 1.165) is 17.7 Å². The third-order valence-corrected chi connectivity index (χ3v) is 3.57. The molecular weight excluding hydrogens is 342 g/mol. The van der Waals surface area contributed by atoms with Crippen LogP contribution in [0.1, 0.15) is 38.2 Å². The van der Waals surface area contributed by atoms with Crippen LogP contribution in [0.4, 0.5) is 5.69 Å². The van der Waals surface area contributed by atoms with Crippen molar-refractivity contribution in [2.45, 2.75) is 32.6 Å². The number of carbonyl (C=O) groups is 1. The van der Waals surface area contributed by atoms with E-state index in [1.165, 1.54) is 12.1 Å². The fraction of sp³-hybridized carbons (Fsp3) is 0.353. The highest BCUT2D eigenvalue weighted by Crippen LogP contribution is 2.27. The molecule has 1 N–H and O–H groups in total. The molecule has 9 nitrogen and oxygen atoms in total. The lowest BCUT2D eigenvalue weighted by atomic mass is 9.92. The zero-order valence-electron chi connectivity index (χ0n) is 14.4. The summed E-state index contributed by atoms with van der Waals surface area (Å²) < 4.78 is 5.02. The topological polar surface area (TPSA) is 128 Å². The van der Waals surface area contributed by atoms with Gasteiger partial charge in [0.25, 0.3) is 5.69 Å². The Morgan fingerprint density at radius 2 is 1.96 bits per heavy atom. The summed E-state index contributed by atoms with van der Waals surface area (Å²) >= 11 is 0. The molecule has 1 unspecified atom stereocenters. The van der Waals surface area contributed by atoms with Crippen LogP contribution in [-0.4, -0.2) is 29.4 Å². The average Bonchev–Trinajstić information content (AvgIpc) is 2.85. The Labute approximate surface area is 149 Å². The summed E-state index contributed by atoms with van der Waals surface area (Å²) in [5.41, 5.74) is 5.03. The minimum atomic E-state index is -0.447. The van der Waals surface area contributed by atoms with Gasteiger partial charge >= 0.3 is 12.1 Å². The zero-order valence-corrected chi connectivity index (χ0v) is 14.4. The Balaban J connectivity index is 0.00000105. The second kappa shape index (κ2) is 10.5. The maximum atomic E-state index is 12.0. The number of ether oxygens (including phenoxy) is 1. The van der Waals surface area contributed by atoms with Crippen LogP contribution in [0.25, 0.3) is 0 Å². The first-order valence-electron chi connectivity index (χ1n) is 7.90. The summed E-state index contributed by atoms with van der Waals surface area (Å²) in [7, 11) is 0. The summed E-state index contributed by atoms with van der Waals surface area (Å²) in [6.07, 6.45) is 3.37. The first kappa shape index (κ1) is 20.7. The fourth-order valence-electron chi connectivity index (χ4n) is 2.33. The molecule has 0 radical (unpaired) electrons. The minimum Gasteiger partial charge on any atom is -0.461 e. The van der Waals surface area contributed by atoms with Gasteiger partial charge in [0, 0.05) is 30.2 Å². The molecule has 2 rings (SSSR count). The number of hydrogen-bond donors (Lipinski definition) is 1. The Hall–Kier alpha value is -3.32. The van der Waals surface area contributed by atoms with Crippen molar-refractivity contribution in [1.29, 1.82) is 0 Å². The molecule has 0 saturated carbocycles. The van der Waals surface area contributed by atoms with Crippen molar-refractivity contribution in [3.63, 3.8) is 0 Å². The van der Waals surface area contributed by atoms with Crippen LogP contribution >= 0.6 is 0 Å². The van der Waals surface area contributed by atoms with E-state index in [-0.39, 0.29) is 24.4 Å². The van der Waals surface area contributed by atoms with Gasteiger partial charge < -0.3 is 4.74 Å². The van der Waals surface area contributed by atoms with Crippen LogP contribution in [0, 0.1) is 10.1 Å². The van der Waals surface area contributed by atoms with Crippen molar-refractivity contribution in [3.05, 3.63) is 51.7 Å². The number of hydrogen-bond acceptors (Lipinski definition) is 8. The van der Waals surface area contributed by atoms with Gasteiger partial charge in [0.05, 0.1) is 11.5 Å². The lowest BCUT2D eigenvalue weighted by molar-refractivity contribution is -0.384. The van der Waals surface area contributed by atoms with Crippen LogP contribution in [0.2, 0.25) is 0 Å². The molecule has 0 aliphatic carbocycles. The molecule has 0 aromatic heterocycles. The molecule has 1 aromatic rings. The highest BCUT2D eigenvalue weighted by molar-refractivity contribution is 6.36. The van der Waals surface area contributed by atoms with Crippen LogP contribution < -0.4 is 5.43 Å². The van der Waals surface area contributed by atoms with Crippen molar-refractivity contribution in [1.82, 2.24) is 5.43 Å². The lowest BCUT2D eigenvalue weighted by Gasteiger charge is -2.12. The van der Waals surface area contributed by atoms with Gasteiger partial charge in [-0.3, -0.25) is 15.5 Å². The van der Waals surface area contributed by atoms with E-state index in [1.807, 2.05) is 13.0 Å². The Kier molecular flexibility index (Phi) is 8.39. The molecule has 0 amide bonds. The quantitative estimate of drug-likeness (QED) is 0.484. The molecule has 1 heterocycles. The van der Waals surface area contributed by atoms with E-state index >= 15 is 0 Å². The average molecular weight is 361 g/mol. The van der Waals surface area contributed by atoms with E-state index in [2.05, 4.69) is 10.5 Å². The largest absolute Gasteiger partial charge is 0.461 e. The lowest BCUT2D eigenvalue weighted by Crippen LogP contribution is -2.21. The third-order valence-electron chi connectivity index (χ3n) is 3.57. The van der Waals surface area contributed by atoms with Crippen LogP contribution in [0.3, 0.4) is 0 Å². The highest BCUT2D eigenvalue weighted by atomic mass is 16.6. The molecule has 0 bridgehead atoms. The SMILES string of the molecule is CCOC(=O)C1=NNC(CC)=CC(c2ccc([N+](=O)[O-])cc2)C1.O=C=O. The first-order chi connectivity index (χ1) is 12.5. The van der Waals surface area contributed by atoms with Crippen molar-refractivity contribution >= 4 is 23.5 Å². The van der Waals surface area contributed by atoms with E-state index in [0.29, 0.717) is 12.1 Å². The van der Waals surface area contributed by atoms with Crippen molar-refractivity contribution in [2.75, 3.05) is 6.61 Å². The van der Waals surface area contributed by atoms with Gasteiger partial charge in [-0.2, -0.15) is 14.7 Å². The summed E-state index contributed by atoms with van der Waals surface area (Å²) in [6.45, 7) is 4.01. The molecule has 1 atom stereocenters. The molecule has 9 heteroatoms. The van der Waals surface area contributed by atoms with Gasteiger partial charge in [-0.25, -0.2) is 4.79 Å². The molecular formula is C17H19N3O6. The predicted molar refractivity (Wildman–Crippen MR) is 91.0 cm³/mol. The standard InChI is InChI=1S/C16H19N3O4.CO2/c1-3-13-9-12(10-15(18-17-13)16(20)23-4-2)11-5-7-14(8-6-11)19(21)22;2-1-3/h5-9,12,17H,3-4,10H2,1-2H3;. The number of nitro groups is 1. The number of benzene rings is 1. The molecule has 0 fully saturated rings. The summed E-state index contributed by atoms with van der Waals surface area (Å²) in [5, 5.41) is 14.9. The maximum absolute atomic E-state index is 12.0. The zero-order chi connectivity index (χ0) is 19.5. The maximum Gasteiger partial charge on any atom is 0.373 e. The minimum absolute atomic E-state index is 0.0412. The van der Waals surface area contributed by atoms with E-state index in [4.69, 9.17) is 14.3 Å². The number of carbonyl (C=O) groups excluding carboxylic acids is 3. The van der Waals surface area contributed by atoms with Gasteiger partial charge in [-0.15, -0.1) is 0 Å². The van der Waals surface area contributed by atoms with Gasteiger partial charge in [0.1, 0.15) is 5.71 Å². The number of rotatable bonds is 5. The number of allylic oxidation sites excluding steroid dienone is 2. The predicted octanol–water partition coefficient (Wildman–Crippen LogP) is 2.30. The van der Waals surface area contributed by atoms with Crippen LogP contribution in [0.15, 0.2) is 41.1 Å². The van der Waals surface area contributed by atoms with E-state index < -0.39 is 10.9 Å². The Bertz CT molecular complexity index is 733. The van der Waals surface area contributed by atoms with Crippen LogP contribution in [-0.2, 0) is 19.1 Å². The van der Waals surface area contributed by atoms with Gasteiger partial charge in [0.15, 0.2) is 0 Å². The molecule has 1 aliphatic heterocycles. The second-order valence-electron chi connectivity index (χ2n) is 5.18. The Morgan fingerprint density at radius 1 is 1.35 bits per heavy atom. The van der Waals surface area contributed by atoms with Gasteiger partial charge in [0.2, 0.25) is 0 Å². The molecule has 1 aliphatic rings. The summed E-state index contributed by atoms with van der Waals surface area (Å²) in [5.74, 6) is -0.540. The second-order valence-corrected chi connectivity index (χ2v) is 5.18. The number of nitrogens with one attached hydrogen (secondary N) is 1. The van der Waals surface area contributed by atoms with Crippen molar-refractivity contribution < 1.29 is 24.0 Å². The first-order valence-corrected chi connectivity index (χ1v) is 7.90. The molecule has 0 saturated heterocycles. The number of esters is 1. The number of nitro benzene ring substituents is 1.